The lowest BCUT2D eigenvalue weighted by atomic mass is 10.1. The quantitative estimate of drug-likeness (QED) is 0.378. The van der Waals surface area contributed by atoms with Crippen LogP contribution in [0.5, 0.6) is 5.75 Å². The maximum Gasteiger partial charge on any atom is 0.254 e. The Morgan fingerprint density at radius 3 is 2.61 bits per heavy atom. The third-order valence-electron chi connectivity index (χ3n) is 4.09. The number of rotatable bonds is 9. The fraction of sp³-hybridized carbons (Fsp3) is 0.400. The Bertz CT molecular complexity index is 924. The van der Waals surface area contributed by atoms with E-state index in [2.05, 4.69) is 15.3 Å². The molecule has 7 nitrogen and oxygen atoms in total. The van der Waals surface area contributed by atoms with Crippen molar-refractivity contribution < 1.29 is 14.3 Å². The predicted octanol–water partition coefficient (Wildman–Crippen LogP) is 3.36. The number of H-pyrrole nitrogens is 1. The Balaban J connectivity index is 2.14. The first kappa shape index (κ1) is 21.7. The lowest BCUT2D eigenvalue weighted by Gasteiger charge is -2.12. The molecule has 2 aromatic rings. The van der Waals surface area contributed by atoms with Crippen LogP contribution in [-0.2, 0) is 11.2 Å². The summed E-state index contributed by atoms with van der Waals surface area (Å²) in [5.74, 6) is 0.325. The van der Waals surface area contributed by atoms with Gasteiger partial charge in [-0.25, -0.2) is 4.98 Å². The molecule has 1 aromatic heterocycles. The molecule has 0 aliphatic carbocycles. The average molecular weight is 404 g/mol. The van der Waals surface area contributed by atoms with Gasteiger partial charge in [0.15, 0.2) is 10.9 Å². The number of benzene rings is 1. The van der Waals surface area contributed by atoms with Gasteiger partial charge in [0.2, 0.25) is 5.91 Å². The number of carbonyl (C=O) groups is 2. The van der Waals surface area contributed by atoms with Gasteiger partial charge in [-0.15, -0.1) is 0 Å². The standard InChI is InChI=1S/C20H25N3O4S/c1-5-14-12(4)21-20(23-19(14)26)28-11-16(24)13-8-9-15(22-18(25)6-2)17(10-13)27-7-3/h8-10H,5-7,11H2,1-4H3,(H,22,25)(H,21,23,26). The van der Waals surface area contributed by atoms with Crippen molar-refractivity contribution in [1.29, 1.82) is 0 Å². The molecule has 0 aliphatic heterocycles. The zero-order valence-corrected chi connectivity index (χ0v) is 17.4. The first-order chi connectivity index (χ1) is 13.4. The number of aromatic amines is 1. The molecule has 2 N–H and O–H groups in total. The van der Waals surface area contributed by atoms with E-state index in [-0.39, 0.29) is 23.0 Å². The molecule has 0 aliphatic rings. The molecule has 8 heteroatoms. The lowest BCUT2D eigenvalue weighted by molar-refractivity contribution is -0.115. The second-order valence-electron chi connectivity index (χ2n) is 6.05. The molecule has 0 atom stereocenters. The number of hydrogen-bond donors (Lipinski definition) is 2. The molecule has 0 saturated heterocycles. The second-order valence-corrected chi connectivity index (χ2v) is 7.01. The van der Waals surface area contributed by atoms with Crippen molar-refractivity contribution in [3.05, 3.63) is 45.4 Å². The summed E-state index contributed by atoms with van der Waals surface area (Å²) >= 11 is 1.18. The minimum absolute atomic E-state index is 0.125. The molecule has 1 amide bonds. The number of nitrogens with one attached hydrogen (secondary N) is 2. The highest BCUT2D eigenvalue weighted by Crippen LogP contribution is 2.27. The predicted molar refractivity (Wildman–Crippen MR) is 111 cm³/mol. The molecule has 28 heavy (non-hydrogen) atoms. The molecule has 0 saturated carbocycles. The number of ketones is 1. The summed E-state index contributed by atoms with van der Waals surface area (Å²) in [5.41, 5.74) is 2.17. The summed E-state index contributed by atoms with van der Waals surface area (Å²) in [5, 5.41) is 3.18. The largest absolute Gasteiger partial charge is 0.492 e. The molecule has 0 fully saturated rings. The maximum atomic E-state index is 12.6. The molecular weight excluding hydrogens is 378 g/mol. The second kappa shape index (κ2) is 10.1. The van der Waals surface area contributed by atoms with Gasteiger partial charge in [-0.2, -0.15) is 0 Å². The van der Waals surface area contributed by atoms with Crippen LogP contribution < -0.4 is 15.6 Å². The van der Waals surface area contributed by atoms with Gasteiger partial charge in [0.05, 0.1) is 18.0 Å². The Labute approximate surface area is 168 Å². The Kier molecular flexibility index (Phi) is 7.80. The normalized spacial score (nSPS) is 10.6. The van der Waals surface area contributed by atoms with Gasteiger partial charge in [-0.05, 0) is 38.5 Å². The highest BCUT2D eigenvalue weighted by molar-refractivity contribution is 7.99. The van der Waals surface area contributed by atoms with Crippen molar-refractivity contribution in [2.24, 2.45) is 0 Å². The average Bonchev–Trinajstić information content (AvgIpc) is 2.67. The van der Waals surface area contributed by atoms with Gasteiger partial charge in [0.25, 0.3) is 5.56 Å². The topological polar surface area (TPSA) is 101 Å². The highest BCUT2D eigenvalue weighted by atomic mass is 32.2. The molecule has 2 rings (SSSR count). The van der Waals surface area contributed by atoms with Crippen LogP contribution in [0.15, 0.2) is 28.2 Å². The van der Waals surface area contributed by atoms with Gasteiger partial charge in [-0.3, -0.25) is 14.4 Å². The van der Waals surface area contributed by atoms with Gasteiger partial charge >= 0.3 is 0 Å². The van der Waals surface area contributed by atoms with Crippen LogP contribution in [0, 0.1) is 6.92 Å². The van der Waals surface area contributed by atoms with E-state index in [0.29, 0.717) is 52.9 Å². The summed E-state index contributed by atoms with van der Waals surface area (Å²) in [6.07, 6.45) is 0.962. The third kappa shape index (κ3) is 5.45. The highest BCUT2D eigenvalue weighted by Gasteiger charge is 2.14. The lowest BCUT2D eigenvalue weighted by Crippen LogP contribution is -2.17. The molecule has 150 valence electrons. The van der Waals surface area contributed by atoms with Crippen molar-refractivity contribution in [3.63, 3.8) is 0 Å². The number of nitrogens with zero attached hydrogens (tertiary/aromatic N) is 1. The number of carbonyl (C=O) groups excluding carboxylic acids is 2. The monoisotopic (exact) mass is 403 g/mol. The number of hydrogen-bond acceptors (Lipinski definition) is 6. The van der Waals surface area contributed by atoms with Crippen LogP contribution in [0.4, 0.5) is 5.69 Å². The summed E-state index contributed by atoms with van der Waals surface area (Å²) in [6, 6.07) is 4.94. The maximum absolute atomic E-state index is 12.6. The summed E-state index contributed by atoms with van der Waals surface area (Å²) in [6.45, 7) is 7.70. The third-order valence-corrected chi connectivity index (χ3v) is 4.97. The molecule has 0 unspecified atom stereocenters. The Morgan fingerprint density at radius 2 is 2.00 bits per heavy atom. The van der Waals surface area contributed by atoms with E-state index in [9.17, 15) is 14.4 Å². The van der Waals surface area contributed by atoms with Crippen LogP contribution in [0.25, 0.3) is 0 Å². The smallest absolute Gasteiger partial charge is 0.254 e. The van der Waals surface area contributed by atoms with Crippen molar-refractivity contribution in [2.45, 2.75) is 45.7 Å². The van der Waals surface area contributed by atoms with Gasteiger partial charge in [0.1, 0.15) is 5.75 Å². The van der Waals surface area contributed by atoms with Crippen molar-refractivity contribution in [1.82, 2.24) is 9.97 Å². The molecule has 0 spiro atoms. The van der Waals surface area contributed by atoms with E-state index in [4.69, 9.17) is 4.74 Å². The molecule has 0 radical (unpaired) electrons. The van der Waals surface area contributed by atoms with Crippen molar-refractivity contribution in [2.75, 3.05) is 17.7 Å². The Morgan fingerprint density at radius 1 is 1.25 bits per heavy atom. The first-order valence-electron chi connectivity index (χ1n) is 9.22. The zero-order chi connectivity index (χ0) is 20.7. The van der Waals surface area contributed by atoms with Crippen LogP contribution in [0.2, 0.25) is 0 Å². The SMILES string of the molecule is CCOc1cc(C(=O)CSc2nc(C)c(CC)c(=O)[nH]2)ccc1NC(=O)CC. The van der Waals surface area contributed by atoms with E-state index in [1.165, 1.54) is 11.8 Å². The zero-order valence-electron chi connectivity index (χ0n) is 16.5. The fourth-order valence-corrected chi connectivity index (χ4v) is 3.40. The van der Waals surface area contributed by atoms with Crippen molar-refractivity contribution in [3.8, 4) is 5.75 Å². The van der Waals surface area contributed by atoms with E-state index < -0.39 is 0 Å². The van der Waals surface area contributed by atoms with Crippen molar-refractivity contribution >= 4 is 29.1 Å². The van der Waals surface area contributed by atoms with E-state index in [1.54, 1.807) is 32.0 Å². The number of amides is 1. The van der Waals surface area contributed by atoms with E-state index in [0.717, 1.165) is 0 Å². The van der Waals surface area contributed by atoms with Crippen LogP contribution in [-0.4, -0.2) is 34.0 Å². The van der Waals surface area contributed by atoms with Gasteiger partial charge in [0, 0.05) is 23.2 Å². The number of aryl methyl sites for hydroxylation is 1. The number of ether oxygens (including phenoxy) is 1. The molecule has 0 bridgehead atoms. The number of thioether (sulfide) groups is 1. The van der Waals surface area contributed by atoms with Crippen LogP contribution in [0.1, 0.15) is 48.8 Å². The number of aromatic nitrogens is 2. The summed E-state index contributed by atoms with van der Waals surface area (Å²) in [7, 11) is 0. The fourth-order valence-electron chi connectivity index (χ4n) is 2.60. The first-order valence-corrected chi connectivity index (χ1v) is 10.2. The Hall–Kier alpha value is -2.61. The number of anilines is 1. The van der Waals surface area contributed by atoms with E-state index in [1.807, 2.05) is 13.8 Å². The number of Topliss-reactive ketones (excluding diaryl/α,β-unsaturated/α-hetero) is 1. The van der Waals surface area contributed by atoms with Crippen LogP contribution >= 0.6 is 11.8 Å². The van der Waals surface area contributed by atoms with E-state index >= 15 is 0 Å². The minimum atomic E-state index is -0.167. The molecule has 1 aromatic carbocycles. The summed E-state index contributed by atoms with van der Waals surface area (Å²) < 4.78 is 5.56. The summed E-state index contributed by atoms with van der Waals surface area (Å²) in [4.78, 5) is 43.3. The van der Waals surface area contributed by atoms with Gasteiger partial charge < -0.3 is 15.0 Å². The molecular formula is C20H25N3O4S. The van der Waals surface area contributed by atoms with Gasteiger partial charge in [-0.1, -0.05) is 25.6 Å². The minimum Gasteiger partial charge on any atom is -0.492 e. The van der Waals surface area contributed by atoms with Crippen LogP contribution in [0.3, 0.4) is 0 Å². The molecule has 1 heterocycles.